The Bertz CT molecular complexity index is 925. The van der Waals surface area contributed by atoms with Crippen LogP contribution in [0, 0.1) is 6.92 Å². The van der Waals surface area contributed by atoms with Gasteiger partial charge in [0.25, 0.3) is 0 Å². The molecule has 0 amide bonds. The van der Waals surface area contributed by atoms with Crippen molar-refractivity contribution in [3.05, 3.63) is 36.3 Å². The van der Waals surface area contributed by atoms with E-state index >= 15 is 0 Å². The Morgan fingerprint density at radius 2 is 2.04 bits per heavy atom. The van der Waals surface area contributed by atoms with Crippen LogP contribution in [-0.4, -0.2) is 55.7 Å². The highest BCUT2D eigenvalue weighted by atomic mass is 15.4. The average molecular weight is 336 g/mol. The molecule has 0 atom stereocenters. The van der Waals surface area contributed by atoms with Gasteiger partial charge in [0, 0.05) is 50.2 Å². The van der Waals surface area contributed by atoms with E-state index in [0.29, 0.717) is 12.0 Å². The molecule has 3 aromatic heterocycles. The molecule has 2 fully saturated rings. The van der Waals surface area contributed by atoms with Gasteiger partial charge in [-0.1, -0.05) is 0 Å². The number of hydrogen-bond donors (Lipinski definition) is 0. The molecule has 25 heavy (non-hydrogen) atoms. The van der Waals surface area contributed by atoms with Gasteiger partial charge < -0.3 is 9.80 Å². The standard InChI is InChI=1S/C17H20N8/c1-11-7-14(21-15(20-11)12-3-4-12)23(2)13-8-25(9-13)16-17-22-19-10-24(17)6-5-18-16/h5-7,10,12-13H,3-4,8-9H2,1-2H3. The zero-order valence-corrected chi connectivity index (χ0v) is 14.4. The largest absolute Gasteiger partial charge is 0.353 e. The van der Waals surface area contributed by atoms with Crippen molar-refractivity contribution in [2.75, 3.05) is 29.9 Å². The van der Waals surface area contributed by atoms with E-state index in [-0.39, 0.29) is 0 Å². The number of hydrogen-bond acceptors (Lipinski definition) is 7. The van der Waals surface area contributed by atoms with Crippen LogP contribution < -0.4 is 9.80 Å². The first-order valence-electron chi connectivity index (χ1n) is 8.67. The highest BCUT2D eigenvalue weighted by Gasteiger charge is 2.34. The summed E-state index contributed by atoms with van der Waals surface area (Å²) in [6.45, 7) is 3.85. The number of rotatable bonds is 4. The third kappa shape index (κ3) is 2.48. The van der Waals surface area contributed by atoms with Crippen molar-refractivity contribution in [2.45, 2.75) is 31.7 Å². The van der Waals surface area contributed by atoms with E-state index in [1.807, 2.05) is 17.5 Å². The average Bonchev–Trinajstić information content (AvgIpc) is 3.30. The summed E-state index contributed by atoms with van der Waals surface area (Å²) < 4.78 is 1.90. The van der Waals surface area contributed by atoms with E-state index in [0.717, 1.165) is 41.9 Å². The zero-order valence-electron chi connectivity index (χ0n) is 14.4. The fraction of sp³-hybridized carbons (Fsp3) is 0.471. The second-order valence-corrected chi connectivity index (χ2v) is 6.98. The summed E-state index contributed by atoms with van der Waals surface area (Å²) in [6.07, 6.45) is 7.80. The molecule has 3 aromatic rings. The van der Waals surface area contributed by atoms with Gasteiger partial charge in [-0.3, -0.25) is 4.40 Å². The van der Waals surface area contributed by atoms with E-state index in [2.05, 4.69) is 43.1 Å². The fourth-order valence-electron chi connectivity index (χ4n) is 3.31. The van der Waals surface area contributed by atoms with Gasteiger partial charge in [0.2, 0.25) is 5.65 Å². The molecule has 0 unspecified atom stereocenters. The van der Waals surface area contributed by atoms with E-state index in [9.17, 15) is 0 Å². The molecule has 8 nitrogen and oxygen atoms in total. The van der Waals surface area contributed by atoms with Gasteiger partial charge in [0.1, 0.15) is 18.0 Å². The Morgan fingerprint density at radius 1 is 1.20 bits per heavy atom. The normalized spacial score (nSPS) is 17.8. The van der Waals surface area contributed by atoms with E-state index in [1.54, 1.807) is 12.5 Å². The van der Waals surface area contributed by atoms with E-state index < -0.39 is 0 Å². The second-order valence-electron chi connectivity index (χ2n) is 6.98. The molecule has 0 aromatic carbocycles. The van der Waals surface area contributed by atoms with Gasteiger partial charge in [-0.05, 0) is 19.8 Å². The number of anilines is 2. The predicted octanol–water partition coefficient (Wildman–Crippen LogP) is 1.43. The smallest absolute Gasteiger partial charge is 0.203 e. The number of nitrogens with zero attached hydrogens (tertiary/aromatic N) is 8. The Kier molecular flexibility index (Phi) is 3.13. The van der Waals surface area contributed by atoms with Gasteiger partial charge in [-0.2, -0.15) is 0 Å². The third-order valence-corrected chi connectivity index (χ3v) is 5.07. The maximum absolute atomic E-state index is 4.79. The first-order chi connectivity index (χ1) is 12.2. The minimum Gasteiger partial charge on any atom is -0.353 e. The van der Waals surface area contributed by atoms with Crippen LogP contribution in [0.4, 0.5) is 11.6 Å². The van der Waals surface area contributed by atoms with Crippen LogP contribution in [0.1, 0.15) is 30.3 Å². The molecule has 128 valence electrons. The lowest BCUT2D eigenvalue weighted by molar-refractivity contribution is 0.489. The van der Waals surface area contributed by atoms with Crippen LogP contribution in [-0.2, 0) is 0 Å². The lowest BCUT2D eigenvalue weighted by atomic mass is 10.1. The zero-order chi connectivity index (χ0) is 17.0. The molecule has 1 aliphatic carbocycles. The highest BCUT2D eigenvalue weighted by Crippen LogP contribution is 2.38. The second kappa shape index (κ2) is 5.37. The van der Waals surface area contributed by atoms with Gasteiger partial charge in [-0.25, -0.2) is 15.0 Å². The summed E-state index contributed by atoms with van der Waals surface area (Å²) in [4.78, 5) is 18.4. The SMILES string of the molecule is Cc1cc(N(C)C2CN(c3nccn4cnnc34)C2)nc(C2CC2)n1. The van der Waals surface area contributed by atoms with Crippen LogP contribution in [0.15, 0.2) is 24.8 Å². The van der Waals surface area contributed by atoms with Crippen LogP contribution in [0.25, 0.3) is 5.65 Å². The molecule has 1 saturated heterocycles. The molecule has 5 rings (SSSR count). The fourth-order valence-corrected chi connectivity index (χ4v) is 3.31. The summed E-state index contributed by atoms with van der Waals surface area (Å²) in [5.74, 6) is 3.49. The Labute approximate surface area is 145 Å². The minimum absolute atomic E-state index is 0.409. The molecular weight excluding hydrogens is 316 g/mol. The summed E-state index contributed by atoms with van der Waals surface area (Å²) in [7, 11) is 2.12. The van der Waals surface area contributed by atoms with E-state index in [4.69, 9.17) is 4.98 Å². The van der Waals surface area contributed by atoms with Crippen LogP contribution in [0.2, 0.25) is 0 Å². The predicted molar refractivity (Wildman–Crippen MR) is 93.9 cm³/mol. The Balaban J connectivity index is 1.34. The Morgan fingerprint density at radius 3 is 2.84 bits per heavy atom. The van der Waals surface area contributed by atoms with Gasteiger partial charge in [0.15, 0.2) is 5.82 Å². The summed E-state index contributed by atoms with van der Waals surface area (Å²) in [5.41, 5.74) is 1.85. The highest BCUT2D eigenvalue weighted by molar-refractivity contribution is 5.65. The molecule has 1 aliphatic heterocycles. The third-order valence-electron chi connectivity index (χ3n) is 5.07. The minimum atomic E-state index is 0.409. The number of aryl methyl sites for hydroxylation is 1. The maximum Gasteiger partial charge on any atom is 0.203 e. The molecule has 0 spiro atoms. The molecule has 0 N–H and O–H groups in total. The quantitative estimate of drug-likeness (QED) is 0.713. The van der Waals surface area contributed by atoms with Gasteiger partial charge in [-0.15, -0.1) is 10.2 Å². The van der Waals surface area contributed by atoms with Crippen molar-refractivity contribution in [1.82, 2.24) is 29.5 Å². The van der Waals surface area contributed by atoms with Crippen LogP contribution in [0.5, 0.6) is 0 Å². The molecule has 0 radical (unpaired) electrons. The van der Waals surface area contributed by atoms with Crippen molar-refractivity contribution in [2.24, 2.45) is 0 Å². The number of likely N-dealkylation sites (N-methyl/N-ethyl adjacent to an activating group) is 1. The summed E-state index contributed by atoms with van der Waals surface area (Å²) >= 11 is 0. The van der Waals surface area contributed by atoms with Crippen molar-refractivity contribution < 1.29 is 0 Å². The molecule has 8 heteroatoms. The summed E-state index contributed by atoms with van der Waals surface area (Å²) in [6, 6.07) is 2.48. The van der Waals surface area contributed by atoms with Gasteiger partial charge in [0.05, 0.1) is 6.04 Å². The van der Waals surface area contributed by atoms with E-state index in [1.165, 1.54) is 12.8 Å². The molecule has 0 bridgehead atoms. The first-order valence-corrected chi connectivity index (χ1v) is 8.67. The van der Waals surface area contributed by atoms with Gasteiger partial charge >= 0.3 is 0 Å². The number of aromatic nitrogens is 6. The first kappa shape index (κ1) is 14.6. The molecule has 4 heterocycles. The Hall–Kier alpha value is -2.77. The van der Waals surface area contributed by atoms with Crippen LogP contribution in [0.3, 0.4) is 0 Å². The van der Waals surface area contributed by atoms with Crippen molar-refractivity contribution >= 4 is 17.3 Å². The monoisotopic (exact) mass is 336 g/mol. The van der Waals surface area contributed by atoms with Crippen molar-refractivity contribution in [3.8, 4) is 0 Å². The molecule has 2 aliphatic rings. The summed E-state index contributed by atoms with van der Waals surface area (Å²) in [5, 5.41) is 8.14. The lowest BCUT2D eigenvalue weighted by Crippen LogP contribution is -2.59. The molecule has 1 saturated carbocycles. The molecular formula is C17H20N8. The number of fused-ring (bicyclic) bond motifs is 1. The van der Waals surface area contributed by atoms with Crippen molar-refractivity contribution in [3.63, 3.8) is 0 Å². The topological polar surface area (TPSA) is 75.3 Å². The lowest BCUT2D eigenvalue weighted by Gasteiger charge is -2.45. The van der Waals surface area contributed by atoms with Crippen molar-refractivity contribution in [1.29, 1.82) is 0 Å². The van der Waals surface area contributed by atoms with Crippen LogP contribution >= 0.6 is 0 Å². The maximum atomic E-state index is 4.79.